The second-order valence-corrected chi connectivity index (χ2v) is 6.65. The normalized spacial score (nSPS) is 53.4. The van der Waals surface area contributed by atoms with Crippen LogP contribution in [0.15, 0.2) is 0 Å². The molecule has 6 nitrogen and oxygen atoms in total. The summed E-state index contributed by atoms with van der Waals surface area (Å²) in [6, 6.07) is 0. The predicted octanol–water partition coefficient (Wildman–Crippen LogP) is -0.00890. The van der Waals surface area contributed by atoms with Crippen molar-refractivity contribution < 1.29 is 29.2 Å². The summed E-state index contributed by atoms with van der Waals surface area (Å²) in [4.78, 5) is 0. The number of hydrogen-bond donors (Lipinski definition) is 2. The van der Waals surface area contributed by atoms with Gasteiger partial charge in [0.25, 0.3) is 0 Å². The molecule has 4 saturated heterocycles. The zero-order chi connectivity index (χ0) is 14.4. The summed E-state index contributed by atoms with van der Waals surface area (Å²) in [5.74, 6) is 0. The predicted molar refractivity (Wildman–Crippen MR) is 71.9 cm³/mol. The van der Waals surface area contributed by atoms with E-state index in [0.29, 0.717) is 6.42 Å². The van der Waals surface area contributed by atoms with E-state index in [9.17, 15) is 10.2 Å². The highest BCUT2D eigenvalue weighted by molar-refractivity contribution is 4.97. The van der Waals surface area contributed by atoms with Gasteiger partial charge in [-0.05, 0) is 12.8 Å². The van der Waals surface area contributed by atoms with Crippen LogP contribution in [0.5, 0.6) is 0 Å². The fourth-order valence-electron chi connectivity index (χ4n) is 4.14. The van der Waals surface area contributed by atoms with E-state index in [1.54, 1.807) is 0 Å². The second-order valence-electron chi connectivity index (χ2n) is 6.65. The number of rotatable bonds is 1. The van der Waals surface area contributed by atoms with Gasteiger partial charge in [-0.15, -0.1) is 0 Å². The Hall–Kier alpha value is -0.240. The van der Waals surface area contributed by atoms with Gasteiger partial charge >= 0.3 is 0 Å². The molecule has 0 bridgehead atoms. The quantitative estimate of drug-likeness (QED) is 0.709. The van der Waals surface area contributed by atoms with Gasteiger partial charge in [0.05, 0.1) is 49.3 Å². The van der Waals surface area contributed by atoms with Gasteiger partial charge in [0.1, 0.15) is 6.10 Å². The lowest BCUT2D eigenvalue weighted by atomic mass is 9.85. The van der Waals surface area contributed by atoms with Crippen LogP contribution in [0.2, 0.25) is 0 Å². The van der Waals surface area contributed by atoms with Crippen molar-refractivity contribution in [1.29, 1.82) is 0 Å². The van der Waals surface area contributed by atoms with Crippen molar-refractivity contribution in [2.75, 3.05) is 13.2 Å². The Morgan fingerprint density at radius 3 is 2.29 bits per heavy atom. The van der Waals surface area contributed by atoms with E-state index in [2.05, 4.69) is 0 Å². The summed E-state index contributed by atoms with van der Waals surface area (Å²) in [5, 5.41) is 19.2. The number of ether oxygens (including phenoxy) is 4. The van der Waals surface area contributed by atoms with Crippen LogP contribution in [-0.2, 0) is 18.9 Å². The molecular weight excluding hydrogens is 276 g/mol. The maximum absolute atomic E-state index is 9.97. The molecule has 4 aliphatic heterocycles. The van der Waals surface area contributed by atoms with Crippen LogP contribution >= 0.6 is 0 Å². The van der Waals surface area contributed by atoms with Gasteiger partial charge in [0.15, 0.2) is 0 Å². The standard InChI is InChI=1S/C15H24O6/c16-7-15-8(17)4-11-13(21-15)6-14-12(20-11)5-10-9(19-14)2-1-3-18-10/h8-17H,1-7H2/t8-,9-,10+,11+,12-,13-,14+,15+/m0/s1. The second kappa shape index (κ2) is 5.76. The Bertz CT molecular complexity index is 377. The highest BCUT2D eigenvalue weighted by atomic mass is 16.6. The Kier molecular flexibility index (Phi) is 3.94. The SMILES string of the molecule is OC[C@H]1O[C@H]2C[C@H]3O[C@H]4CCCO[C@@H]4C[C@@H]3O[C@@H]2C[C@@H]1O. The van der Waals surface area contributed by atoms with E-state index in [1.807, 2.05) is 0 Å². The van der Waals surface area contributed by atoms with Crippen molar-refractivity contribution in [3.05, 3.63) is 0 Å². The third-order valence-electron chi connectivity index (χ3n) is 5.27. The summed E-state index contributed by atoms with van der Waals surface area (Å²) in [7, 11) is 0. The third-order valence-corrected chi connectivity index (χ3v) is 5.27. The van der Waals surface area contributed by atoms with Gasteiger partial charge in [-0.1, -0.05) is 0 Å². The van der Waals surface area contributed by atoms with Crippen molar-refractivity contribution in [1.82, 2.24) is 0 Å². The summed E-state index contributed by atoms with van der Waals surface area (Å²) >= 11 is 0. The molecule has 120 valence electrons. The molecule has 4 fully saturated rings. The highest BCUT2D eigenvalue weighted by Crippen LogP contribution is 2.39. The first-order chi connectivity index (χ1) is 10.2. The number of hydrogen-bond acceptors (Lipinski definition) is 6. The average Bonchev–Trinajstić information content (AvgIpc) is 2.50. The lowest BCUT2D eigenvalue weighted by Crippen LogP contribution is -2.61. The summed E-state index contributed by atoms with van der Waals surface area (Å²) < 4.78 is 23.9. The highest BCUT2D eigenvalue weighted by Gasteiger charge is 2.49. The molecule has 0 radical (unpaired) electrons. The Morgan fingerprint density at radius 1 is 0.810 bits per heavy atom. The average molecular weight is 300 g/mol. The van der Waals surface area contributed by atoms with Gasteiger partial charge < -0.3 is 29.2 Å². The lowest BCUT2D eigenvalue weighted by molar-refractivity contribution is -0.291. The molecule has 21 heavy (non-hydrogen) atoms. The monoisotopic (exact) mass is 300 g/mol. The molecule has 0 aromatic carbocycles. The topological polar surface area (TPSA) is 77.4 Å². The fraction of sp³-hybridized carbons (Fsp3) is 1.00. The fourth-order valence-corrected chi connectivity index (χ4v) is 4.14. The van der Waals surface area contributed by atoms with Crippen LogP contribution in [-0.4, -0.2) is 72.3 Å². The lowest BCUT2D eigenvalue weighted by Gasteiger charge is -2.51. The van der Waals surface area contributed by atoms with Crippen molar-refractivity contribution in [3.63, 3.8) is 0 Å². The van der Waals surface area contributed by atoms with Gasteiger partial charge in [-0.2, -0.15) is 0 Å². The van der Waals surface area contributed by atoms with Crippen LogP contribution in [0.1, 0.15) is 32.1 Å². The minimum Gasteiger partial charge on any atom is -0.394 e. The van der Waals surface area contributed by atoms with Gasteiger partial charge in [0, 0.05) is 25.9 Å². The molecule has 6 heteroatoms. The van der Waals surface area contributed by atoms with Crippen LogP contribution in [0.25, 0.3) is 0 Å². The number of aliphatic hydroxyl groups excluding tert-OH is 2. The van der Waals surface area contributed by atoms with Gasteiger partial charge in [-0.3, -0.25) is 0 Å². The molecule has 0 spiro atoms. The first-order valence-corrected chi connectivity index (χ1v) is 8.11. The Labute approximate surface area is 124 Å². The number of fused-ring (bicyclic) bond motifs is 3. The molecule has 8 atom stereocenters. The summed E-state index contributed by atoms with van der Waals surface area (Å²) in [6.45, 7) is 0.659. The molecule has 0 saturated carbocycles. The van der Waals surface area contributed by atoms with Crippen molar-refractivity contribution in [2.45, 2.75) is 80.9 Å². The van der Waals surface area contributed by atoms with E-state index in [4.69, 9.17) is 18.9 Å². The molecule has 0 aliphatic carbocycles. The largest absolute Gasteiger partial charge is 0.394 e. The van der Waals surface area contributed by atoms with Crippen LogP contribution in [0.3, 0.4) is 0 Å². The number of aliphatic hydroxyl groups is 2. The van der Waals surface area contributed by atoms with E-state index >= 15 is 0 Å². The van der Waals surface area contributed by atoms with Crippen molar-refractivity contribution in [2.24, 2.45) is 0 Å². The molecule has 2 N–H and O–H groups in total. The minimum absolute atomic E-state index is 0.0343. The van der Waals surface area contributed by atoms with E-state index in [0.717, 1.165) is 32.3 Å². The van der Waals surface area contributed by atoms with Crippen molar-refractivity contribution in [3.8, 4) is 0 Å². The molecule has 4 aliphatic rings. The van der Waals surface area contributed by atoms with E-state index in [1.165, 1.54) is 0 Å². The molecule has 0 unspecified atom stereocenters. The summed E-state index contributed by atoms with van der Waals surface area (Å²) in [5.41, 5.74) is 0. The molecular formula is C15H24O6. The van der Waals surface area contributed by atoms with E-state index < -0.39 is 12.2 Å². The van der Waals surface area contributed by atoms with Crippen LogP contribution in [0.4, 0.5) is 0 Å². The maximum atomic E-state index is 9.97. The Morgan fingerprint density at radius 2 is 1.48 bits per heavy atom. The summed E-state index contributed by atoms with van der Waals surface area (Å²) in [6.07, 6.45) is 3.35. The zero-order valence-corrected chi connectivity index (χ0v) is 12.1. The first-order valence-electron chi connectivity index (χ1n) is 8.11. The smallest absolute Gasteiger partial charge is 0.107 e. The van der Waals surface area contributed by atoms with Crippen molar-refractivity contribution >= 4 is 0 Å². The first kappa shape index (κ1) is 14.4. The molecule has 4 heterocycles. The molecule has 0 aromatic rings. The van der Waals surface area contributed by atoms with Gasteiger partial charge in [0.2, 0.25) is 0 Å². The van der Waals surface area contributed by atoms with Gasteiger partial charge in [-0.25, -0.2) is 0 Å². The zero-order valence-electron chi connectivity index (χ0n) is 12.1. The van der Waals surface area contributed by atoms with E-state index in [-0.39, 0.29) is 43.2 Å². The third kappa shape index (κ3) is 2.62. The van der Waals surface area contributed by atoms with Crippen LogP contribution in [0, 0.1) is 0 Å². The van der Waals surface area contributed by atoms with Crippen LogP contribution < -0.4 is 0 Å². The maximum Gasteiger partial charge on any atom is 0.107 e. The molecule has 0 aromatic heterocycles. The molecule has 0 amide bonds. The molecule has 4 rings (SSSR count). The Balaban J connectivity index is 1.44. The minimum atomic E-state index is -0.656.